The number of nitrogens with one attached hydrogen (secondary N) is 1. The van der Waals surface area contributed by atoms with Gasteiger partial charge in [-0.15, -0.1) is 0 Å². The Kier molecular flexibility index (Phi) is 3.66. The molecule has 1 N–H and O–H groups in total. The lowest BCUT2D eigenvalue weighted by atomic mass is 10.3. The lowest BCUT2D eigenvalue weighted by Gasteiger charge is -2.05. The van der Waals surface area contributed by atoms with Crippen LogP contribution in [-0.2, 0) is 4.79 Å². The number of benzene rings is 1. The first-order valence-corrected chi connectivity index (χ1v) is 4.36. The molecule has 0 aliphatic rings. The third-order valence-electron chi connectivity index (χ3n) is 1.39. The quantitative estimate of drug-likeness (QED) is 0.791. The Hall–Kier alpha value is -0.870. The maximum absolute atomic E-state index is 12.6. The molecule has 0 saturated heterocycles. The van der Waals surface area contributed by atoms with Gasteiger partial charge in [-0.05, 0) is 18.2 Å². The smallest absolute Gasteiger partial charge is 0.274 e. The van der Waals surface area contributed by atoms with Crippen LogP contribution in [0.3, 0.4) is 0 Å². The molecule has 1 unspecified atom stereocenters. The minimum absolute atomic E-state index is 0.159. The zero-order valence-corrected chi connectivity index (χ0v) is 8.24. The van der Waals surface area contributed by atoms with Gasteiger partial charge in [0.05, 0.1) is 5.02 Å². The monoisotopic (exact) mass is 239 g/mol. The van der Waals surface area contributed by atoms with Gasteiger partial charge in [-0.25, -0.2) is 8.78 Å². The molecule has 1 aromatic rings. The van der Waals surface area contributed by atoms with Crippen molar-refractivity contribution in [2.45, 2.75) is 5.63 Å². The summed E-state index contributed by atoms with van der Waals surface area (Å²) < 4.78 is 24.9. The van der Waals surface area contributed by atoms with E-state index >= 15 is 0 Å². The third-order valence-corrected chi connectivity index (χ3v) is 1.87. The van der Waals surface area contributed by atoms with E-state index in [1.165, 1.54) is 6.07 Å². The van der Waals surface area contributed by atoms with Gasteiger partial charge in [-0.1, -0.05) is 23.2 Å². The van der Waals surface area contributed by atoms with E-state index < -0.39 is 17.4 Å². The van der Waals surface area contributed by atoms with E-state index in [9.17, 15) is 13.6 Å². The van der Waals surface area contributed by atoms with Crippen LogP contribution in [0.15, 0.2) is 18.2 Å². The van der Waals surface area contributed by atoms with Gasteiger partial charge in [0.15, 0.2) is 0 Å². The largest absolute Gasteiger partial charge is 0.322 e. The molecule has 1 atom stereocenters. The van der Waals surface area contributed by atoms with Gasteiger partial charge < -0.3 is 5.32 Å². The Labute approximate surface area is 88.8 Å². The van der Waals surface area contributed by atoms with E-state index in [4.69, 9.17) is 23.2 Å². The number of hydrogen-bond acceptors (Lipinski definition) is 1. The van der Waals surface area contributed by atoms with Crippen LogP contribution in [0, 0.1) is 5.82 Å². The SMILES string of the molecule is O=C(Nc1ccc(F)c(Cl)c1)C(F)Cl. The van der Waals surface area contributed by atoms with Crippen molar-refractivity contribution >= 4 is 34.8 Å². The van der Waals surface area contributed by atoms with Crippen LogP contribution in [0.2, 0.25) is 5.02 Å². The molecular formula is C8H5Cl2F2NO. The van der Waals surface area contributed by atoms with Gasteiger partial charge in [0.25, 0.3) is 11.5 Å². The average Bonchev–Trinajstić information content (AvgIpc) is 2.11. The molecule has 0 saturated carbocycles. The number of amides is 1. The van der Waals surface area contributed by atoms with Gasteiger partial charge in [-0.3, -0.25) is 4.79 Å². The lowest BCUT2D eigenvalue weighted by molar-refractivity contribution is -0.118. The molecule has 0 spiro atoms. The predicted molar refractivity (Wildman–Crippen MR) is 50.8 cm³/mol. The van der Waals surface area contributed by atoms with Crippen LogP contribution in [0.1, 0.15) is 0 Å². The molecule has 6 heteroatoms. The maximum atomic E-state index is 12.6. The first-order valence-electron chi connectivity index (χ1n) is 3.55. The van der Waals surface area contributed by atoms with E-state index in [-0.39, 0.29) is 10.7 Å². The van der Waals surface area contributed by atoms with Crippen molar-refractivity contribution in [2.75, 3.05) is 5.32 Å². The molecule has 0 fully saturated rings. The molecule has 2 nitrogen and oxygen atoms in total. The van der Waals surface area contributed by atoms with Crippen molar-refractivity contribution in [2.24, 2.45) is 0 Å². The number of carbonyl (C=O) groups excluding carboxylic acids is 1. The normalized spacial score (nSPS) is 12.3. The summed E-state index contributed by atoms with van der Waals surface area (Å²) in [6, 6.07) is 3.46. The Morgan fingerprint density at radius 3 is 2.64 bits per heavy atom. The Bertz CT molecular complexity index is 357. The summed E-state index contributed by atoms with van der Waals surface area (Å²) in [7, 11) is 0. The van der Waals surface area contributed by atoms with Gasteiger partial charge in [0.1, 0.15) is 5.82 Å². The second kappa shape index (κ2) is 4.57. The molecule has 76 valence electrons. The molecule has 1 amide bonds. The predicted octanol–water partition coefficient (Wildman–Crippen LogP) is 2.95. The second-order valence-electron chi connectivity index (χ2n) is 2.42. The second-order valence-corrected chi connectivity index (χ2v) is 3.21. The molecule has 0 bridgehead atoms. The molecule has 0 heterocycles. The molecule has 1 aromatic carbocycles. The number of halogens is 4. The van der Waals surface area contributed by atoms with Crippen LogP contribution >= 0.6 is 23.2 Å². The number of hydrogen-bond donors (Lipinski definition) is 1. The number of rotatable bonds is 2. The van der Waals surface area contributed by atoms with E-state index in [2.05, 4.69) is 5.32 Å². The van der Waals surface area contributed by atoms with Gasteiger partial charge in [0, 0.05) is 5.69 Å². The Balaban J connectivity index is 2.78. The van der Waals surface area contributed by atoms with E-state index in [0.717, 1.165) is 12.1 Å². The number of alkyl halides is 2. The van der Waals surface area contributed by atoms with Gasteiger partial charge in [0.2, 0.25) is 0 Å². The summed E-state index contributed by atoms with van der Waals surface area (Å²) in [5.41, 5.74) is -1.96. The fourth-order valence-electron chi connectivity index (χ4n) is 0.771. The van der Waals surface area contributed by atoms with Crippen LogP contribution in [0.25, 0.3) is 0 Å². The van der Waals surface area contributed by atoms with Crippen molar-refractivity contribution in [1.82, 2.24) is 0 Å². The fraction of sp³-hybridized carbons (Fsp3) is 0.125. The Morgan fingerprint density at radius 2 is 2.14 bits per heavy atom. The van der Waals surface area contributed by atoms with Crippen molar-refractivity contribution < 1.29 is 13.6 Å². The zero-order chi connectivity index (χ0) is 10.7. The minimum atomic E-state index is -2.14. The highest BCUT2D eigenvalue weighted by Gasteiger charge is 2.13. The van der Waals surface area contributed by atoms with Gasteiger partial charge >= 0.3 is 0 Å². The van der Waals surface area contributed by atoms with Gasteiger partial charge in [-0.2, -0.15) is 0 Å². The summed E-state index contributed by atoms with van der Waals surface area (Å²) in [6.07, 6.45) is 0. The van der Waals surface area contributed by atoms with Crippen molar-refractivity contribution in [1.29, 1.82) is 0 Å². The summed E-state index contributed by atoms with van der Waals surface area (Å²) in [6.45, 7) is 0. The van der Waals surface area contributed by atoms with E-state index in [0.29, 0.717) is 0 Å². The topological polar surface area (TPSA) is 29.1 Å². The van der Waals surface area contributed by atoms with E-state index in [1.807, 2.05) is 0 Å². The van der Waals surface area contributed by atoms with Crippen molar-refractivity contribution in [3.63, 3.8) is 0 Å². The van der Waals surface area contributed by atoms with Crippen LogP contribution in [-0.4, -0.2) is 11.5 Å². The first-order chi connectivity index (χ1) is 6.50. The maximum Gasteiger partial charge on any atom is 0.274 e. The molecule has 0 aliphatic carbocycles. The molecule has 0 aliphatic heterocycles. The fourth-order valence-corrected chi connectivity index (χ4v) is 1.01. The number of carbonyl (C=O) groups is 1. The summed E-state index contributed by atoms with van der Waals surface area (Å²) in [5, 5.41) is 1.95. The zero-order valence-electron chi connectivity index (χ0n) is 6.73. The molecule has 14 heavy (non-hydrogen) atoms. The molecule has 0 aromatic heterocycles. The lowest BCUT2D eigenvalue weighted by Crippen LogP contribution is -2.19. The minimum Gasteiger partial charge on any atom is -0.322 e. The van der Waals surface area contributed by atoms with Crippen LogP contribution in [0.5, 0.6) is 0 Å². The average molecular weight is 240 g/mol. The summed E-state index contributed by atoms with van der Waals surface area (Å²) in [5.74, 6) is -1.64. The highest BCUT2D eigenvalue weighted by Crippen LogP contribution is 2.19. The summed E-state index contributed by atoms with van der Waals surface area (Å²) in [4.78, 5) is 10.8. The highest BCUT2D eigenvalue weighted by atomic mass is 35.5. The number of anilines is 1. The van der Waals surface area contributed by atoms with Crippen molar-refractivity contribution in [3.05, 3.63) is 29.0 Å². The molecular weight excluding hydrogens is 235 g/mol. The van der Waals surface area contributed by atoms with Crippen LogP contribution < -0.4 is 5.32 Å². The highest BCUT2D eigenvalue weighted by molar-refractivity contribution is 6.32. The first kappa shape index (κ1) is 11.2. The third kappa shape index (κ3) is 2.82. The van der Waals surface area contributed by atoms with Crippen LogP contribution in [0.4, 0.5) is 14.5 Å². The molecule has 0 radical (unpaired) electrons. The van der Waals surface area contributed by atoms with E-state index in [1.54, 1.807) is 0 Å². The molecule has 1 rings (SSSR count). The summed E-state index contributed by atoms with van der Waals surface area (Å²) >= 11 is 10.3. The van der Waals surface area contributed by atoms with Crippen molar-refractivity contribution in [3.8, 4) is 0 Å². The Morgan fingerprint density at radius 1 is 1.50 bits per heavy atom. The standard InChI is InChI=1S/C8H5Cl2F2NO/c9-5-3-4(1-2-6(5)11)13-8(14)7(10)12/h1-3,7H,(H,13,14).